The minimum Gasteiger partial charge on any atom is -0.0723 e. The lowest BCUT2D eigenvalue weighted by atomic mass is 11.0. The summed E-state index contributed by atoms with van der Waals surface area (Å²) in [7, 11) is 1.35. The standard InChI is InChI=1S/C4H14Si2/c1-3-6(2)4-5/h6H,3-4H2,1-2,5H3. The SMILES string of the molecule is CC[SiH](C)C[SiH3]. The Balaban J connectivity index is 2.75. The molecule has 0 heterocycles. The molecule has 2 heteroatoms. The van der Waals surface area contributed by atoms with Gasteiger partial charge in [0.2, 0.25) is 0 Å². The predicted octanol–water partition coefficient (Wildman–Crippen LogP) is 0.186. The van der Waals surface area contributed by atoms with Crippen molar-refractivity contribution in [2.45, 2.75) is 25.2 Å². The first-order valence-electron chi connectivity index (χ1n) is 2.81. The monoisotopic (exact) mass is 118 g/mol. The van der Waals surface area contributed by atoms with Gasteiger partial charge in [0.25, 0.3) is 0 Å². The Morgan fingerprint density at radius 3 is 2.17 bits per heavy atom. The van der Waals surface area contributed by atoms with E-state index < -0.39 is 0 Å². The second-order valence-electron chi connectivity index (χ2n) is 1.92. The molecule has 0 aromatic carbocycles. The Labute approximate surface area is 45.0 Å². The summed E-state index contributed by atoms with van der Waals surface area (Å²) in [6, 6.07) is 1.50. The molecule has 0 amide bonds. The van der Waals surface area contributed by atoms with Gasteiger partial charge in [-0.2, -0.15) is 0 Å². The van der Waals surface area contributed by atoms with Gasteiger partial charge < -0.3 is 0 Å². The van der Waals surface area contributed by atoms with Crippen LogP contribution >= 0.6 is 0 Å². The van der Waals surface area contributed by atoms with E-state index in [1.807, 2.05) is 0 Å². The van der Waals surface area contributed by atoms with Gasteiger partial charge in [-0.3, -0.25) is 0 Å². The van der Waals surface area contributed by atoms with Crippen LogP contribution < -0.4 is 0 Å². The Kier molecular flexibility index (Phi) is 3.88. The maximum atomic E-state index is 2.45. The smallest absolute Gasteiger partial charge is 0.0299 e. The number of hydrogen-bond donors (Lipinski definition) is 0. The summed E-state index contributed by atoms with van der Waals surface area (Å²) in [6.07, 6.45) is 0. The molecule has 0 fully saturated rings. The van der Waals surface area contributed by atoms with Crippen molar-refractivity contribution in [2.24, 2.45) is 0 Å². The van der Waals surface area contributed by atoms with E-state index in [0.29, 0.717) is 0 Å². The van der Waals surface area contributed by atoms with Crippen LogP contribution in [-0.2, 0) is 0 Å². The van der Waals surface area contributed by atoms with Crippen molar-refractivity contribution < 1.29 is 0 Å². The van der Waals surface area contributed by atoms with Crippen LogP contribution in [0.5, 0.6) is 0 Å². The van der Waals surface area contributed by atoms with Crippen LogP contribution in [0.3, 0.4) is 0 Å². The highest BCUT2D eigenvalue weighted by Crippen LogP contribution is 1.91. The molecule has 0 radical (unpaired) electrons. The first-order chi connectivity index (χ1) is 2.81. The van der Waals surface area contributed by atoms with Gasteiger partial charge in [-0.25, -0.2) is 0 Å². The molecule has 0 N–H and O–H groups in total. The molecule has 6 heavy (non-hydrogen) atoms. The maximum Gasteiger partial charge on any atom is 0.0299 e. The molecular weight excluding hydrogens is 104 g/mol. The summed E-state index contributed by atoms with van der Waals surface area (Å²) < 4.78 is 0. The molecule has 0 aliphatic heterocycles. The molecular formula is C4H14Si2. The molecule has 0 aromatic rings. The zero-order valence-electron chi connectivity index (χ0n) is 4.99. The molecule has 0 saturated heterocycles. The molecule has 0 bridgehead atoms. The Morgan fingerprint density at radius 1 is 1.67 bits per heavy atom. The fourth-order valence-corrected chi connectivity index (χ4v) is 2.60. The minimum absolute atomic E-state index is 0.0988. The van der Waals surface area contributed by atoms with Gasteiger partial charge >= 0.3 is 0 Å². The maximum absolute atomic E-state index is 2.45. The van der Waals surface area contributed by atoms with E-state index in [0.717, 1.165) is 0 Å². The second-order valence-corrected chi connectivity index (χ2v) is 8.21. The molecule has 0 rings (SSSR count). The van der Waals surface area contributed by atoms with Crippen LogP contribution in [0.4, 0.5) is 0 Å². The van der Waals surface area contributed by atoms with Gasteiger partial charge in [-0.1, -0.05) is 25.2 Å². The van der Waals surface area contributed by atoms with Crippen molar-refractivity contribution in [2.75, 3.05) is 0 Å². The van der Waals surface area contributed by atoms with Crippen LogP contribution in [-0.4, -0.2) is 19.0 Å². The first kappa shape index (κ1) is 6.43. The highest BCUT2D eigenvalue weighted by molar-refractivity contribution is 6.64. The summed E-state index contributed by atoms with van der Waals surface area (Å²) in [4.78, 5) is 0. The summed E-state index contributed by atoms with van der Waals surface area (Å²) >= 11 is 0. The molecule has 0 saturated carbocycles. The van der Waals surface area contributed by atoms with Gasteiger partial charge in [0.15, 0.2) is 0 Å². The third kappa shape index (κ3) is 2.66. The molecule has 0 spiro atoms. The van der Waals surface area contributed by atoms with E-state index in [9.17, 15) is 0 Å². The summed E-state index contributed by atoms with van der Waals surface area (Å²) in [5.41, 5.74) is 1.61. The highest BCUT2D eigenvalue weighted by Gasteiger charge is 1.91. The van der Waals surface area contributed by atoms with Gasteiger partial charge in [0, 0.05) is 8.80 Å². The van der Waals surface area contributed by atoms with Crippen molar-refractivity contribution in [1.29, 1.82) is 0 Å². The van der Waals surface area contributed by atoms with E-state index >= 15 is 0 Å². The van der Waals surface area contributed by atoms with E-state index in [4.69, 9.17) is 0 Å². The molecule has 0 aliphatic carbocycles. The lowest BCUT2D eigenvalue weighted by molar-refractivity contribution is 1.40. The fourth-order valence-electron chi connectivity index (χ4n) is 0.289. The Bertz CT molecular complexity index is 24.7. The third-order valence-electron chi connectivity index (χ3n) is 1.39. The fraction of sp³-hybridized carbons (Fsp3) is 1.00. The lowest BCUT2D eigenvalue weighted by Gasteiger charge is -1.96. The van der Waals surface area contributed by atoms with Crippen LogP contribution in [0.25, 0.3) is 0 Å². The predicted molar refractivity (Wildman–Crippen MR) is 38.2 cm³/mol. The van der Waals surface area contributed by atoms with Gasteiger partial charge in [-0.05, 0) is 10.2 Å². The summed E-state index contributed by atoms with van der Waals surface area (Å²) in [5, 5.41) is 0. The molecule has 38 valence electrons. The van der Waals surface area contributed by atoms with Crippen LogP contribution in [0.2, 0.25) is 18.3 Å². The highest BCUT2D eigenvalue weighted by atomic mass is 28.3. The van der Waals surface area contributed by atoms with Crippen LogP contribution in [0.1, 0.15) is 6.92 Å². The lowest BCUT2D eigenvalue weighted by Crippen LogP contribution is -2.01. The van der Waals surface area contributed by atoms with Gasteiger partial charge in [-0.15, -0.1) is 0 Å². The van der Waals surface area contributed by atoms with Crippen LogP contribution in [0.15, 0.2) is 0 Å². The number of rotatable bonds is 2. The molecule has 1 atom stereocenters. The van der Waals surface area contributed by atoms with E-state index in [1.54, 1.807) is 5.67 Å². The third-order valence-corrected chi connectivity index (χ3v) is 8.36. The van der Waals surface area contributed by atoms with Crippen molar-refractivity contribution in [3.63, 3.8) is 0 Å². The van der Waals surface area contributed by atoms with E-state index in [2.05, 4.69) is 13.5 Å². The number of hydrogen-bond acceptors (Lipinski definition) is 0. The van der Waals surface area contributed by atoms with E-state index in [-0.39, 0.29) is 8.80 Å². The largest absolute Gasteiger partial charge is 0.0723 e. The van der Waals surface area contributed by atoms with Gasteiger partial charge in [0.05, 0.1) is 0 Å². The molecule has 0 aliphatic rings. The molecule has 1 unspecified atom stereocenters. The second kappa shape index (κ2) is 3.62. The zero-order valence-corrected chi connectivity index (χ0v) is 8.15. The molecule has 0 nitrogen and oxygen atoms in total. The average molecular weight is 118 g/mol. The quantitative estimate of drug-likeness (QED) is 0.454. The minimum atomic E-state index is -0.0988. The Morgan fingerprint density at radius 2 is 2.17 bits per heavy atom. The van der Waals surface area contributed by atoms with Gasteiger partial charge in [0.1, 0.15) is 0 Å². The average Bonchev–Trinajstić information content (AvgIpc) is 1.65. The first-order valence-corrected chi connectivity index (χ1v) is 7.01. The van der Waals surface area contributed by atoms with Crippen molar-refractivity contribution in [1.82, 2.24) is 0 Å². The summed E-state index contributed by atoms with van der Waals surface area (Å²) in [5.74, 6) is 0. The Hall–Kier alpha value is 0.434. The molecule has 0 aromatic heterocycles. The van der Waals surface area contributed by atoms with Crippen molar-refractivity contribution >= 4 is 19.0 Å². The van der Waals surface area contributed by atoms with E-state index in [1.165, 1.54) is 16.3 Å². The van der Waals surface area contributed by atoms with Crippen molar-refractivity contribution in [3.05, 3.63) is 0 Å². The van der Waals surface area contributed by atoms with Crippen LogP contribution in [0, 0.1) is 0 Å². The van der Waals surface area contributed by atoms with Crippen molar-refractivity contribution in [3.8, 4) is 0 Å². The zero-order chi connectivity index (χ0) is 4.99. The summed E-state index contributed by atoms with van der Waals surface area (Å²) in [6.45, 7) is 4.77. The normalized spacial score (nSPS) is 15.0. The topological polar surface area (TPSA) is 0 Å².